The minimum atomic E-state index is 0.0201. The van der Waals surface area contributed by atoms with Gasteiger partial charge in [-0.15, -0.1) is 0 Å². The van der Waals surface area contributed by atoms with Gasteiger partial charge in [0.2, 0.25) is 0 Å². The number of hydrogen-bond acceptors (Lipinski definition) is 0. The zero-order valence-corrected chi connectivity index (χ0v) is 9.60. The van der Waals surface area contributed by atoms with Gasteiger partial charge in [0.05, 0.1) is 0 Å². The van der Waals surface area contributed by atoms with Gasteiger partial charge < -0.3 is 0 Å². The summed E-state index contributed by atoms with van der Waals surface area (Å²) in [5.74, 6) is 0. The summed E-state index contributed by atoms with van der Waals surface area (Å²) in [6.45, 7) is 0. The molecule has 0 nitrogen and oxygen atoms in total. The molecule has 0 spiro atoms. The van der Waals surface area contributed by atoms with Gasteiger partial charge in [0.15, 0.2) is 0 Å². The van der Waals surface area contributed by atoms with E-state index in [4.69, 9.17) is 0 Å². The topological polar surface area (TPSA) is 0 Å². The van der Waals surface area contributed by atoms with Gasteiger partial charge in [-0.2, -0.15) is 0 Å². The van der Waals surface area contributed by atoms with Crippen molar-refractivity contribution >= 4 is 8.00 Å². The fraction of sp³-hybridized carbons (Fsp3) is 0.200. The van der Waals surface area contributed by atoms with E-state index in [1.165, 1.54) is 14.4 Å². The van der Waals surface area contributed by atoms with E-state index in [2.05, 4.69) is 18.2 Å². The summed E-state index contributed by atoms with van der Waals surface area (Å²) in [6.07, 6.45) is 8.07. The number of allylic oxidation sites excluding steroid dienone is 4. The third-order valence-electron chi connectivity index (χ3n) is 1.04. The van der Waals surface area contributed by atoms with E-state index in [9.17, 15) is 0 Å². The Morgan fingerprint density at radius 3 is 2.86 bits per heavy atom. The fourth-order valence-electron chi connectivity index (χ4n) is 0.602. The van der Waals surface area contributed by atoms with Crippen LogP contribution >= 0.6 is 0 Å². The number of hydrogen-bond donors (Lipinski definition) is 0. The zero-order valence-electron chi connectivity index (χ0n) is 4.39. The van der Waals surface area contributed by atoms with Crippen LogP contribution < -0.4 is 0 Å². The van der Waals surface area contributed by atoms with Gasteiger partial charge in [-0.25, -0.2) is 0 Å². The quantitative estimate of drug-likeness (QED) is 0.600. The zero-order chi connectivity index (χ0) is 5.11. The molecule has 7 heavy (non-hydrogen) atoms. The van der Waals surface area contributed by atoms with Crippen LogP contribution in [-0.4, -0.2) is 8.00 Å². The van der Waals surface area contributed by atoms with Gasteiger partial charge in [-0.05, 0) is 0 Å². The summed E-state index contributed by atoms with van der Waals surface area (Å²) in [6, 6.07) is 0. The molecule has 0 aromatic carbocycles. The molecule has 1 aliphatic rings. The second kappa shape index (κ2) is 2.67. The molecule has 1 aliphatic carbocycles. The molecule has 0 aliphatic heterocycles. The summed E-state index contributed by atoms with van der Waals surface area (Å²) in [4.78, 5) is 0. The Labute approximate surface area is 55.6 Å². The summed E-state index contributed by atoms with van der Waals surface area (Å²) in [5.41, 5.74) is 0. The maximum atomic E-state index is 2.31. The van der Waals surface area contributed by atoms with Crippen LogP contribution in [-0.2, 0) is 19.0 Å². The molecule has 2 heteroatoms. The SMILES string of the molecule is [SiH3][Ta][C]1=CC=CC1. The summed E-state index contributed by atoms with van der Waals surface area (Å²) >= 11 is 0.0201. The molecule has 0 unspecified atom stereocenters. The van der Waals surface area contributed by atoms with Crippen molar-refractivity contribution in [1.82, 2.24) is 0 Å². The van der Waals surface area contributed by atoms with E-state index in [0.717, 1.165) is 0 Å². The van der Waals surface area contributed by atoms with Gasteiger partial charge in [-0.3, -0.25) is 0 Å². The van der Waals surface area contributed by atoms with E-state index < -0.39 is 0 Å². The first-order chi connectivity index (χ1) is 3.43. The van der Waals surface area contributed by atoms with Crippen LogP contribution in [0.15, 0.2) is 22.0 Å². The fourth-order valence-corrected chi connectivity index (χ4v) is 5.20. The first-order valence-corrected chi connectivity index (χ1v) is 14.5. The van der Waals surface area contributed by atoms with Crippen LogP contribution in [0.25, 0.3) is 0 Å². The Hall–Kier alpha value is 0.437. The number of rotatable bonds is 1. The molecule has 0 heterocycles. The van der Waals surface area contributed by atoms with Gasteiger partial charge in [0.1, 0.15) is 0 Å². The van der Waals surface area contributed by atoms with Crippen molar-refractivity contribution in [2.24, 2.45) is 0 Å². The molecule has 0 aromatic rings. The molecule has 0 N–H and O–H groups in total. The van der Waals surface area contributed by atoms with Crippen molar-refractivity contribution < 1.29 is 19.0 Å². The summed E-state index contributed by atoms with van der Waals surface area (Å²) < 4.78 is 1.80. The Kier molecular flexibility index (Phi) is 2.13. The second-order valence-electron chi connectivity index (χ2n) is 1.51. The molecule has 37 valence electrons. The molecule has 0 fully saturated rings. The van der Waals surface area contributed by atoms with Gasteiger partial charge >= 0.3 is 55.4 Å². The monoisotopic (exact) mass is 277 g/mol. The van der Waals surface area contributed by atoms with Crippen molar-refractivity contribution in [3.05, 3.63) is 22.0 Å². The summed E-state index contributed by atoms with van der Waals surface area (Å²) in [7, 11) is 1.50. The van der Waals surface area contributed by atoms with Crippen LogP contribution in [0.3, 0.4) is 0 Å². The molecule has 0 radical (unpaired) electrons. The Morgan fingerprint density at radius 1 is 1.71 bits per heavy atom. The van der Waals surface area contributed by atoms with Crippen LogP contribution in [0, 0.1) is 0 Å². The molecule has 1 rings (SSSR count). The van der Waals surface area contributed by atoms with E-state index in [0.29, 0.717) is 0 Å². The first-order valence-electron chi connectivity index (χ1n) is 2.39. The third kappa shape index (κ3) is 1.42. The molecular formula is C5H8SiTa. The average molecular weight is 277 g/mol. The molecule has 0 aromatic heterocycles. The third-order valence-corrected chi connectivity index (χ3v) is 9.00. The second-order valence-corrected chi connectivity index (χ2v) is 8.84. The maximum absolute atomic E-state index is 2.31. The Morgan fingerprint density at radius 2 is 2.57 bits per heavy atom. The van der Waals surface area contributed by atoms with Gasteiger partial charge in [0, 0.05) is 0 Å². The van der Waals surface area contributed by atoms with Crippen LogP contribution in [0.5, 0.6) is 0 Å². The van der Waals surface area contributed by atoms with E-state index >= 15 is 0 Å². The van der Waals surface area contributed by atoms with Crippen LogP contribution in [0.4, 0.5) is 0 Å². The predicted octanol–water partition coefficient (Wildman–Crippen LogP) is 0.193. The van der Waals surface area contributed by atoms with Crippen LogP contribution in [0.1, 0.15) is 6.42 Å². The van der Waals surface area contributed by atoms with E-state index in [-0.39, 0.29) is 19.0 Å². The van der Waals surface area contributed by atoms with E-state index in [1.807, 2.05) is 0 Å². The van der Waals surface area contributed by atoms with Crippen molar-refractivity contribution in [2.75, 3.05) is 0 Å². The average Bonchev–Trinajstić information content (AvgIpc) is 2.14. The normalized spacial score (nSPS) is 17.4. The van der Waals surface area contributed by atoms with E-state index in [1.54, 1.807) is 3.79 Å². The predicted molar refractivity (Wildman–Crippen MR) is 31.8 cm³/mol. The minimum absolute atomic E-state index is 0.0201. The molecule has 0 saturated carbocycles. The first kappa shape index (κ1) is 5.57. The standard InChI is InChI=1S/C5H5.H3Si.Ta/c1-2-4-5-3-1;;/h1-3H,4H2;1H3;. The molecule has 0 amide bonds. The molecular weight excluding hydrogens is 269 g/mol. The van der Waals surface area contributed by atoms with Crippen molar-refractivity contribution in [3.8, 4) is 0 Å². The van der Waals surface area contributed by atoms with Gasteiger partial charge in [0.25, 0.3) is 0 Å². The van der Waals surface area contributed by atoms with Crippen LogP contribution in [0.2, 0.25) is 0 Å². The molecule has 0 bridgehead atoms. The summed E-state index contributed by atoms with van der Waals surface area (Å²) in [5, 5.41) is 0. The molecule has 0 atom stereocenters. The van der Waals surface area contributed by atoms with Crippen molar-refractivity contribution in [3.63, 3.8) is 0 Å². The van der Waals surface area contributed by atoms with Gasteiger partial charge in [-0.1, -0.05) is 0 Å². The Bertz CT molecular complexity index is 115. The van der Waals surface area contributed by atoms with Crippen molar-refractivity contribution in [1.29, 1.82) is 0 Å². The Balaban J connectivity index is 2.45. The molecule has 0 saturated heterocycles. The van der Waals surface area contributed by atoms with Crippen molar-refractivity contribution in [2.45, 2.75) is 6.42 Å².